The van der Waals surface area contributed by atoms with Crippen LogP contribution in [0.15, 0.2) is 60.9 Å². The third-order valence-corrected chi connectivity index (χ3v) is 5.52. The molecule has 0 radical (unpaired) electrons. The lowest BCUT2D eigenvalue weighted by atomic mass is 10.1. The van der Waals surface area contributed by atoms with E-state index in [4.69, 9.17) is 0 Å². The highest BCUT2D eigenvalue weighted by Gasteiger charge is 2.19. The Labute approximate surface area is 184 Å². The molecule has 0 atom stereocenters. The van der Waals surface area contributed by atoms with E-state index in [0.717, 1.165) is 43.6 Å². The molecule has 0 saturated heterocycles. The monoisotopic (exact) mass is 428 g/mol. The quantitative estimate of drug-likeness (QED) is 0.517. The Balaban J connectivity index is 1.37. The van der Waals surface area contributed by atoms with Crippen LogP contribution in [0, 0.1) is 5.82 Å². The molecule has 0 spiro atoms. The number of fused-ring (bicyclic) bond motifs is 1. The summed E-state index contributed by atoms with van der Waals surface area (Å²) in [5, 5.41) is 11.3. The summed E-state index contributed by atoms with van der Waals surface area (Å²) in [6.07, 6.45) is 6.98. The number of nitrogens with zero attached hydrogens (tertiary/aromatic N) is 5. The van der Waals surface area contributed by atoms with Gasteiger partial charge in [0.1, 0.15) is 11.6 Å². The van der Waals surface area contributed by atoms with Gasteiger partial charge in [-0.25, -0.2) is 14.4 Å². The summed E-state index contributed by atoms with van der Waals surface area (Å²) in [6, 6.07) is 14.0. The van der Waals surface area contributed by atoms with E-state index >= 15 is 0 Å². The number of amides is 1. The molecule has 160 valence electrons. The molecule has 32 heavy (non-hydrogen) atoms. The second-order valence-electron chi connectivity index (χ2n) is 7.71. The summed E-state index contributed by atoms with van der Waals surface area (Å²) < 4.78 is 16.6. The number of anilines is 1. The number of aryl methyl sites for hydroxylation is 1. The van der Waals surface area contributed by atoms with Crippen molar-refractivity contribution in [3.8, 4) is 22.8 Å². The molecule has 0 saturated carbocycles. The molecule has 1 aliphatic heterocycles. The van der Waals surface area contributed by atoms with Gasteiger partial charge in [0.25, 0.3) is 5.91 Å². The molecule has 0 unspecified atom stereocenters. The fraction of sp³-hybridized carbons (Fsp3) is 0.208. The van der Waals surface area contributed by atoms with Gasteiger partial charge in [-0.05, 0) is 31.0 Å². The van der Waals surface area contributed by atoms with Gasteiger partial charge >= 0.3 is 0 Å². The lowest BCUT2D eigenvalue weighted by molar-refractivity contribution is 0.102. The molecule has 4 aromatic rings. The Morgan fingerprint density at radius 3 is 2.59 bits per heavy atom. The van der Waals surface area contributed by atoms with Crippen LogP contribution in [0.25, 0.3) is 22.8 Å². The third kappa shape index (κ3) is 3.99. The van der Waals surface area contributed by atoms with E-state index in [0.29, 0.717) is 28.5 Å². The number of rotatable bonds is 4. The summed E-state index contributed by atoms with van der Waals surface area (Å²) in [6.45, 7) is 0.763. The number of benzene rings is 2. The highest BCUT2D eigenvalue weighted by Crippen LogP contribution is 2.27. The van der Waals surface area contributed by atoms with Crippen molar-refractivity contribution in [3.63, 3.8) is 0 Å². The van der Waals surface area contributed by atoms with Gasteiger partial charge < -0.3 is 9.88 Å². The van der Waals surface area contributed by atoms with Crippen molar-refractivity contribution in [2.24, 2.45) is 0 Å². The van der Waals surface area contributed by atoms with Crippen LogP contribution in [0.5, 0.6) is 0 Å². The van der Waals surface area contributed by atoms with Crippen molar-refractivity contribution in [1.82, 2.24) is 24.7 Å². The van der Waals surface area contributed by atoms with Gasteiger partial charge in [0.2, 0.25) is 0 Å². The first-order chi connectivity index (χ1) is 15.7. The first kappa shape index (κ1) is 20.0. The van der Waals surface area contributed by atoms with Crippen LogP contribution in [0.1, 0.15) is 35.4 Å². The van der Waals surface area contributed by atoms with Crippen LogP contribution in [0.4, 0.5) is 10.1 Å². The van der Waals surface area contributed by atoms with Crippen LogP contribution in [0.2, 0.25) is 0 Å². The molecule has 2 aromatic heterocycles. The summed E-state index contributed by atoms with van der Waals surface area (Å²) >= 11 is 0. The average Bonchev–Trinajstić information content (AvgIpc) is 3.08. The molecule has 1 aliphatic rings. The second-order valence-corrected chi connectivity index (χ2v) is 7.71. The maximum absolute atomic E-state index is 14.7. The summed E-state index contributed by atoms with van der Waals surface area (Å²) in [7, 11) is 0. The minimum Gasteiger partial charge on any atom is -0.322 e. The van der Waals surface area contributed by atoms with Gasteiger partial charge in [-0.15, -0.1) is 10.2 Å². The van der Waals surface area contributed by atoms with Gasteiger partial charge in [0.05, 0.1) is 11.1 Å². The maximum atomic E-state index is 14.7. The van der Waals surface area contributed by atoms with Crippen LogP contribution in [-0.4, -0.2) is 30.6 Å². The highest BCUT2D eigenvalue weighted by molar-refractivity contribution is 6.04. The number of carbonyl (C=O) groups excluding carboxylic acids is 1. The van der Waals surface area contributed by atoms with E-state index in [2.05, 4.69) is 25.5 Å². The summed E-state index contributed by atoms with van der Waals surface area (Å²) in [5.74, 6) is 1.13. The van der Waals surface area contributed by atoms with E-state index in [9.17, 15) is 9.18 Å². The fourth-order valence-corrected chi connectivity index (χ4v) is 3.84. The normalized spacial score (nSPS) is 13.3. The maximum Gasteiger partial charge on any atom is 0.258 e. The Hall–Kier alpha value is -3.94. The summed E-state index contributed by atoms with van der Waals surface area (Å²) in [4.78, 5) is 21.3. The molecule has 5 rings (SSSR count). The van der Waals surface area contributed by atoms with Gasteiger partial charge in [0.15, 0.2) is 11.6 Å². The first-order valence-electron chi connectivity index (χ1n) is 10.6. The topological polar surface area (TPSA) is 85.6 Å². The molecule has 2 aromatic carbocycles. The van der Waals surface area contributed by atoms with E-state index in [1.54, 1.807) is 6.07 Å². The molecule has 1 amide bonds. The van der Waals surface area contributed by atoms with Crippen molar-refractivity contribution in [2.45, 2.75) is 32.2 Å². The van der Waals surface area contributed by atoms with Crippen molar-refractivity contribution < 1.29 is 9.18 Å². The van der Waals surface area contributed by atoms with Crippen LogP contribution < -0.4 is 5.32 Å². The molecular formula is C24H21FN6O. The summed E-state index contributed by atoms with van der Waals surface area (Å²) in [5.41, 5.74) is 1.96. The smallest absolute Gasteiger partial charge is 0.258 e. The predicted octanol–water partition coefficient (Wildman–Crippen LogP) is 4.52. The largest absolute Gasteiger partial charge is 0.322 e. The molecule has 0 fully saturated rings. The standard InChI is InChI=1S/C24H21FN6O/c25-20-11-10-18(13-19(20)23-30-29-21-9-5-2-6-12-31(21)23)28-24(32)17-14-26-22(27-15-17)16-7-3-1-4-8-16/h1,3-4,7-8,10-11,13-15H,2,5-6,9,12H2,(H,28,32). The Kier molecular flexibility index (Phi) is 5.41. The number of aromatic nitrogens is 5. The molecule has 0 aliphatic carbocycles. The molecule has 7 nitrogen and oxygen atoms in total. The Morgan fingerprint density at radius 2 is 1.78 bits per heavy atom. The third-order valence-electron chi connectivity index (χ3n) is 5.52. The molecule has 0 bridgehead atoms. The van der Waals surface area contributed by atoms with E-state index in [-0.39, 0.29) is 5.91 Å². The number of hydrogen-bond acceptors (Lipinski definition) is 5. The second kappa shape index (κ2) is 8.66. The Bertz CT molecular complexity index is 1250. The molecule has 1 N–H and O–H groups in total. The average molecular weight is 428 g/mol. The van der Waals surface area contributed by atoms with Gasteiger partial charge in [-0.3, -0.25) is 4.79 Å². The van der Waals surface area contributed by atoms with Crippen molar-refractivity contribution in [3.05, 3.63) is 78.1 Å². The zero-order valence-corrected chi connectivity index (χ0v) is 17.3. The predicted molar refractivity (Wildman–Crippen MR) is 118 cm³/mol. The lowest BCUT2D eigenvalue weighted by Crippen LogP contribution is -2.13. The number of carbonyl (C=O) groups is 1. The van der Waals surface area contributed by atoms with Crippen molar-refractivity contribution in [2.75, 3.05) is 5.32 Å². The molecular weight excluding hydrogens is 407 g/mol. The van der Waals surface area contributed by atoms with Gasteiger partial charge in [-0.2, -0.15) is 0 Å². The molecule has 8 heteroatoms. The lowest BCUT2D eigenvalue weighted by Gasteiger charge is -2.10. The van der Waals surface area contributed by atoms with E-state index in [1.165, 1.54) is 24.5 Å². The Morgan fingerprint density at radius 1 is 0.969 bits per heavy atom. The number of halogens is 1. The van der Waals surface area contributed by atoms with Gasteiger partial charge in [0, 0.05) is 36.6 Å². The van der Waals surface area contributed by atoms with Gasteiger partial charge in [-0.1, -0.05) is 36.8 Å². The van der Waals surface area contributed by atoms with Crippen LogP contribution in [-0.2, 0) is 13.0 Å². The van der Waals surface area contributed by atoms with Crippen LogP contribution in [0.3, 0.4) is 0 Å². The van der Waals surface area contributed by atoms with Crippen molar-refractivity contribution >= 4 is 11.6 Å². The SMILES string of the molecule is O=C(Nc1ccc(F)c(-c2nnc3n2CCCCC3)c1)c1cnc(-c2ccccc2)nc1. The van der Waals surface area contributed by atoms with E-state index in [1.807, 2.05) is 34.9 Å². The minimum absolute atomic E-state index is 0.312. The van der Waals surface area contributed by atoms with Crippen LogP contribution >= 0.6 is 0 Å². The highest BCUT2D eigenvalue weighted by atomic mass is 19.1. The van der Waals surface area contributed by atoms with E-state index < -0.39 is 5.82 Å². The minimum atomic E-state index is -0.405. The fourth-order valence-electron chi connectivity index (χ4n) is 3.84. The van der Waals surface area contributed by atoms with Crippen molar-refractivity contribution in [1.29, 1.82) is 0 Å². The zero-order chi connectivity index (χ0) is 21.9. The molecule has 3 heterocycles. The first-order valence-corrected chi connectivity index (χ1v) is 10.6. The number of hydrogen-bond donors (Lipinski definition) is 1. The number of nitrogens with one attached hydrogen (secondary N) is 1. The zero-order valence-electron chi connectivity index (χ0n) is 17.3.